The number of methoxy groups -OCH3 is 1. The third kappa shape index (κ3) is 1.91. The van der Waals surface area contributed by atoms with Gasteiger partial charge in [0, 0.05) is 12.7 Å². The topological polar surface area (TPSA) is 46.5 Å². The zero-order valence-electron chi connectivity index (χ0n) is 9.30. The van der Waals surface area contributed by atoms with Gasteiger partial charge >= 0.3 is 5.97 Å². The molecule has 0 bridgehead atoms. The predicted octanol–water partition coefficient (Wildman–Crippen LogP) is 2.23. The molecule has 0 aliphatic heterocycles. The van der Waals surface area contributed by atoms with Crippen molar-refractivity contribution in [3.05, 3.63) is 34.9 Å². The van der Waals surface area contributed by atoms with E-state index in [1.807, 2.05) is 0 Å². The summed E-state index contributed by atoms with van der Waals surface area (Å²) in [4.78, 5) is 11.1. The molecule has 17 heavy (non-hydrogen) atoms. The van der Waals surface area contributed by atoms with Crippen molar-refractivity contribution in [1.29, 1.82) is 0 Å². The van der Waals surface area contributed by atoms with E-state index >= 15 is 0 Å². The van der Waals surface area contributed by atoms with Crippen molar-refractivity contribution in [2.45, 2.75) is 24.9 Å². The first kappa shape index (κ1) is 12.0. The first-order valence-electron chi connectivity index (χ1n) is 5.22. The summed E-state index contributed by atoms with van der Waals surface area (Å²) in [6, 6.07) is 2.41. The number of carboxylic acid groups (broad SMARTS) is 1. The Hall–Kier alpha value is -1.49. The number of rotatable bonds is 4. The highest BCUT2D eigenvalue weighted by Gasteiger charge is 2.53. The van der Waals surface area contributed by atoms with Gasteiger partial charge in [-0.1, -0.05) is 0 Å². The van der Waals surface area contributed by atoms with Gasteiger partial charge in [0.15, 0.2) is 11.6 Å². The minimum absolute atomic E-state index is 0.0722. The molecule has 1 fully saturated rings. The molecule has 0 atom stereocenters. The number of aliphatic carboxylic acids is 1. The smallest absolute Gasteiger partial charge is 0.314 e. The summed E-state index contributed by atoms with van der Waals surface area (Å²) in [6.45, 7) is 0.125. The van der Waals surface area contributed by atoms with Gasteiger partial charge in [-0.25, -0.2) is 8.78 Å². The molecule has 0 radical (unpaired) electrons. The highest BCUT2D eigenvalue weighted by atomic mass is 19.2. The Morgan fingerprint density at radius 1 is 1.47 bits per heavy atom. The van der Waals surface area contributed by atoms with E-state index in [0.29, 0.717) is 18.4 Å². The van der Waals surface area contributed by atoms with Gasteiger partial charge in [0.05, 0.1) is 12.0 Å². The second kappa shape index (κ2) is 4.07. The van der Waals surface area contributed by atoms with Gasteiger partial charge in [0.25, 0.3) is 0 Å². The van der Waals surface area contributed by atoms with E-state index in [9.17, 15) is 13.6 Å². The average Bonchev–Trinajstić information content (AvgIpc) is 3.04. The monoisotopic (exact) mass is 242 g/mol. The van der Waals surface area contributed by atoms with Crippen LogP contribution in [0.4, 0.5) is 8.78 Å². The zero-order chi connectivity index (χ0) is 12.6. The van der Waals surface area contributed by atoms with E-state index in [4.69, 9.17) is 9.84 Å². The van der Waals surface area contributed by atoms with Crippen LogP contribution in [0.3, 0.4) is 0 Å². The van der Waals surface area contributed by atoms with Gasteiger partial charge in [-0.05, 0) is 30.5 Å². The summed E-state index contributed by atoms with van der Waals surface area (Å²) < 4.78 is 31.8. The summed E-state index contributed by atoms with van der Waals surface area (Å²) in [5.41, 5.74) is -0.875. The predicted molar refractivity (Wildman–Crippen MR) is 55.6 cm³/mol. The lowest BCUT2D eigenvalue weighted by molar-refractivity contribution is -0.140. The minimum Gasteiger partial charge on any atom is -0.481 e. The van der Waals surface area contributed by atoms with E-state index < -0.39 is 23.0 Å². The average molecular weight is 242 g/mol. The van der Waals surface area contributed by atoms with Crippen LogP contribution in [0, 0.1) is 11.6 Å². The highest BCUT2D eigenvalue weighted by Crippen LogP contribution is 2.49. The number of carboxylic acids is 1. The molecule has 0 amide bonds. The standard InChI is InChI=1S/C12H12F2O3/c1-17-6-7-4-8(10(14)9(13)5-7)12(2-3-12)11(15)16/h4-5H,2-3,6H2,1H3,(H,15,16). The van der Waals surface area contributed by atoms with Crippen molar-refractivity contribution >= 4 is 5.97 Å². The van der Waals surface area contributed by atoms with E-state index in [0.717, 1.165) is 6.07 Å². The van der Waals surface area contributed by atoms with Crippen molar-refractivity contribution in [2.24, 2.45) is 0 Å². The number of hydrogen-bond acceptors (Lipinski definition) is 2. The van der Waals surface area contributed by atoms with Crippen LogP contribution in [-0.4, -0.2) is 18.2 Å². The first-order chi connectivity index (χ1) is 8.01. The Labute approximate surface area is 97.0 Å². The van der Waals surface area contributed by atoms with Gasteiger partial charge in [-0.3, -0.25) is 4.79 Å². The van der Waals surface area contributed by atoms with Crippen LogP contribution in [0.2, 0.25) is 0 Å². The zero-order valence-corrected chi connectivity index (χ0v) is 9.30. The number of halogens is 2. The molecule has 1 aromatic carbocycles. The van der Waals surface area contributed by atoms with Crippen LogP contribution in [0.1, 0.15) is 24.0 Å². The fourth-order valence-electron chi connectivity index (χ4n) is 1.97. The molecule has 0 aromatic heterocycles. The molecule has 0 heterocycles. The molecule has 1 aliphatic carbocycles. The normalized spacial score (nSPS) is 16.9. The molecule has 3 nitrogen and oxygen atoms in total. The van der Waals surface area contributed by atoms with E-state index in [2.05, 4.69) is 0 Å². The van der Waals surface area contributed by atoms with E-state index in [1.54, 1.807) is 0 Å². The summed E-state index contributed by atoms with van der Waals surface area (Å²) in [7, 11) is 1.44. The molecule has 1 N–H and O–H groups in total. The minimum atomic E-state index is -1.24. The Balaban J connectivity index is 2.49. The molecule has 2 rings (SSSR count). The third-order valence-electron chi connectivity index (χ3n) is 3.07. The van der Waals surface area contributed by atoms with E-state index in [-0.39, 0.29) is 12.2 Å². The molecule has 0 spiro atoms. The molecule has 0 unspecified atom stereocenters. The first-order valence-corrected chi connectivity index (χ1v) is 5.22. The second-order valence-corrected chi connectivity index (χ2v) is 4.26. The van der Waals surface area contributed by atoms with Gasteiger partial charge < -0.3 is 9.84 Å². The lowest BCUT2D eigenvalue weighted by Gasteiger charge is -2.13. The van der Waals surface area contributed by atoms with Gasteiger partial charge in [-0.2, -0.15) is 0 Å². The SMILES string of the molecule is COCc1cc(F)c(F)c(C2(C(=O)O)CC2)c1. The molecule has 1 aromatic rings. The molecule has 5 heteroatoms. The Bertz CT molecular complexity index is 467. The van der Waals surface area contributed by atoms with Crippen LogP contribution in [0.5, 0.6) is 0 Å². The van der Waals surface area contributed by atoms with Gasteiger partial charge in [0.1, 0.15) is 0 Å². The maximum Gasteiger partial charge on any atom is 0.314 e. The lowest BCUT2D eigenvalue weighted by Crippen LogP contribution is -2.22. The number of benzene rings is 1. The molecular weight excluding hydrogens is 230 g/mol. The van der Waals surface area contributed by atoms with Gasteiger partial charge in [0.2, 0.25) is 0 Å². The molecule has 1 aliphatic rings. The molecule has 92 valence electrons. The number of ether oxygens (including phenoxy) is 1. The highest BCUT2D eigenvalue weighted by molar-refractivity contribution is 5.85. The summed E-state index contributed by atoms with van der Waals surface area (Å²) in [6.07, 6.45) is 0.685. The maximum absolute atomic E-state index is 13.6. The van der Waals surface area contributed by atoms with E-state index in [1.165, 1.54) is 13.2 Å². The van der Waals surface area contributed by atoms with Gasteiger partial charge in [-0.15, -0.1) is 0 Å². The Morgan fingerprint density at radius 3 is 2.59 bits per heavy atom. The third-order valence-corrected chi connectivity index (χ3v) is 3.07. The van der Waals surface area contributed by atoms with Crippen molar-refractivity contribution in [3.8, 4) is 0 Å². The lowest BCUT2D eigenvalue weighted by atomic mass is 9.93. The number of carbonyl (C=O) groups is 1. The van der Waals surface area contributed by atoms with Crippen LogP contribution in [-0.2, 0) is 21.6 Å². The second-order valence-electron chi connectivity index (χ2n) is 4.26. The summed E-state index contributed by atoms with van der Waals surface area (Å²) in [5.74, 6) is -3.20. The maximum atomic E-state index is 13.6. The van der Waals surface area contributed by atoms with Crippen LogP contribution >= 0.6 is 0 Å². The van der Waals surface area contributed by atoms with Crippen LogP contribution < -0.4 is 0 Å². The van der Waals surface area contributed by atoms with Crippen molar-refractivity contribution in [3.63, 3.8) is 0 Å². The number of hydrogen-bond donors (Lipinski definition) is 1. The molecule has 0 saturated heterocycles. The van der Waals surface area contributed by atoms with Crippen molar-refractivity contribution < 1.29 is 23.4 Å². The van der Waals surface area contributed by atoms with Crippen LogP contribution in [0.15, 0.2) is 12.1 Å². The quantitative estimate of drug-likeness (QED) is 0.880. The fraction of sp³-hybridized carbons (Fsp3) is 0.417. The Kier molecular flexibility index (Phi) is 2.87. The fourth-order valence-corrected chi connectivity index (χ4v) is 1.97. The molecule has 1 saturated carbocycles. The van der Waals surface area contributed by atoms with Crippen molar-refractivity contribution in [1.82, 2.24) is 0 Å². The largest absolute Gasteiger partial charge is 0.481 e. The van der Waals surface area contributed by atoms with Crippen LogP contribution in [0.25, 0.3) is 0 Å². The summed E-state index contributed by atoms with van der Waals surface area (Å²) in [5, 5.41) is 9.07. The Morgan fingerprint density at radius 2 is 2.12 bits per heavy atom. The molecular formula is C12H12F2O3. The van der Waals surface area contributed by atoms with Crippen molar-refractivity contribution in [2.75, 3.05) is 7.11 Å². The summed E-state index contributed by atoms with van der Waals surface area (Å²) >= 11 is 0.